The Balaban J connectivity index is 2.28. The van der Waals surface area contributed by atoms with Crippen LogP contribution in [-0.2, 0) is 4.84 Å². The van der Waals surface area contributed by atoms with Crippen LogP contribution in [0.15, 0.2) is 5.10 Å². The molecule has 0 atom stereocenters. The Morgan fingerprint density at radius 3 is 3.00 bits per heavy atom. The molecule has 0 saturated carbocycles. The predicted molar refractivity (Wildman–Crippen MR) is 23.6 cm³/mol. The first-order chi connectivity index (χ1) is 3.43. The third-order valence-corrected chi connectivity index (χ3v) is 0.584. The smallest absolute Gasteiger partial charge is 0.157 e. The van der Waals surface area contributed by atoms with Crippen molar-refractivity contribution >= 4 is 6.34 Å². The lowest BCUT2D eigenvalue weighted by atomic mass is 11.3. The van der Waals surface area contributed by atoms with Gasteiger partial charge in [-0.25, -0.2) is 5.53 Å². The lowest BCUT2D eigenvalue weighted by Crippen LogP contribution is -2.36. The van der Waals surface area contributed by atoms with Crippen molar-refractivity contribution in [3.8, 4) is 0 Å². The fraction of sp³-hybridized carbons (Fsp3) is 0.500. The van der Waals surface area contributed by atoms with Gasteiger partial charge < -0.3 is 0 Å². The molecule has 0 spiro atoms. The molecule has 1 aliphatic heterocycles. The van der Waals surface area contributed by atoms with Crippen molar-refractivity contribution < 1.29 is 4.84 Å². The molecule has 0 unspecified atom stereocenters. The van der Waals surface area contributed by atoms with Gasteiger partial charge in [-0.3, -0.25) is 4.84 Å². The van der Waals surface area contributed by atoms with Crippen molar-refractivity contribution in [3.05, 3.63) is 0 Å². The van der Waals surface area contributed by atoms with Crippen LogP contribution >= 0.6 is 0 Å². The second-order valence-corrected chi connectivity index (χ2v) is 0.977. The quantitative estimate of drug-likeness (QED) is 0.437. The highest BCUT2D eigenvalue weighted by Gasteiger charge is 1.97. The predicted octanol–water partition coefficient (Wildman–Crippen LogP) is -1.18. The van der Waals surface area contributed by atoms with Gasteiger partial charge in [0, 0.05) is 0 Å². The van der Waals surface area contributed by atoms with Gasteiger partial charge in [-0.2, -0.15) is 5.17 Å². The van der Waals surface area contributed by atoms with E-state index in [0.29, 0.717) is 0 Å². The SMILES string of the molecule is CON1C=NNN1. The fourth-order valence-electron chi connectivity index (χ4n) is 0.281. The molecule has 5 nitrogen and oxygen atoms in total. The summed E-state index contributed by atoms with van der Waals surface area (Å²) in [5.74, 6) is 0. The topological polar surface area (TPSA) is 48.9 Å². The van der Waals surface area contributed by atoms with Crippen LogP contribution in [0.3, 0.4) is 0 Å². The molecular weight excluding hydrogens is 96.0 g/mol. The maximum absolute atomic E-state index is 4.62. The van der Waals surface area contributed by atoms with Gasteiger partial charge in [0.15, 0.2) is 6.34 Å². The molecule has 0 aromatic rings. The van der Waals surface area contributed by atoms with Crippen molar-refractivity contribution in [2.45, 2.75) is 0 Å². The van der Waals surface area contributed by atoms with Crippen LogP contribution < -0.4 is 11.1 Å². The van der Waals surface area contributed by atoms with Crippen LogP contribution in [0.25, 0.3) is 0 Å². The average Bonchev–Trinajstić information content (AvgIpc) is 2.14. The van der Waals surface area contributed by atoms with Crippen molar-refractivity contribution in [1.29, 1.82) is 0 Å². The standard InChI is InChI=1S/C2H6N4O/c1-7-6-2-3-4-5-6/h2,4-5H,1H3. The van der Waals surface area contributed by atoms with E-state index < -0.39 is 0 Å². The minimum atomic E-state index is 1.33. The number of hydrogen-bond donors (Lipinski definition) is 2. The lowest BCUT2D eigenvalue weighted by Gasteiger charge is -2.06. The van der Waals surface area contributed by atoms with E-state index in [-0.39, 0.29) is 0 Å². The average molecular weight is 102 g/mol. The summed E-state index contributed by atoms with van der Waals surface area (Å²) in [4.78, 5) is 4.62. The number of rotatable bonds is 1. The number of hydrazone groups is 1. The Kier molecular flexibility index (Phi) is 1.10. The number of hydroxylamine groups is 1. The lowest BCUT2D eigenvalue weighted by molar-refractivity contribution is -0.101. The molecule has 1 heterocycles. The van der Waals surface area contributed by atoms with E-state index in [1.807, 2.05) is 0 Å². The largest absolute Gasteiger partial charge is 0.259 e. The third kappa shape index (κ3) is 0.787. The Morgan fingerprint density at radius 2 is 2.71 bits per heavy atom. The summed E-state index contributed by atoms with van der Waals surface area (Å²) in [6, 6.07) is 0. The molecular formula is C2H6N4O. The summed E-state index contributed by atoms with van der Waals surface area (Å²) < 4.78 is 0. The number of nitrogens with one attached hydrogen (secondary N) is 2. The molecule has 0 saturated heterocycles. The van der Waals surface area contributed by atoms with Crippen LogP contribution in [-0.4, -0.2) is 18.6 Å². The molecule has 0 amide bonds. The molecule has 40 valence electrons. The molecule has 2 N–H and O–H groups in total. The fourth-order valence-corrected chi connectivity index (χ4v) is 0.281. The number of hydrogen-bond acceptors (Lipinski definition) is 5. The Hall–Kier alpha value is -0.810. The van der Waals surface area contributed by atoms with Gasteiger partial charge in [-0.15, -0.1) is 10.6 Å². The molecule has 0 radical (unpaired) electrons. The second-order valence-electron chi connectivity index (χ2n) is 0.977. The number of nitrogens with zero attached hydrogens (tertiary/aromatic N) is 2. The van der Waals surface area contributed by atoms with Crippen molar-refractivity contribution in [2.75, 3.05) is 7.11 Å². The van der Waals surface area contributed by atoms with E-state index in [1.54, 1.807) is 0 Å². The molecule has 0 fully saturated rings. The van der Waals surface area contributed by atoms with Crippen LogP contribution in [0.2, 0.25) is 0 Å². The van der Waals surface area contributed by atoms with Gasteiger partial charge in [0.2, 0.25) is 0 Å². The zero-order valence-corrected chi connectivity index (χ0v) is 3.88. The van der Waals surface area contributed by atoms with Crippen LogP contribution in [0.4, 0.5) is 0 Å². The highest BCUT2D eigenvalue weighted by molar-refractivity contribution is 5.53. The summed E-state index contributed by atoms with van der Waals surface area (Å²) in [6.45, 7) is 0. The van der Waals surface area contributed by atoms with E-state index in [1.165, 1.54) is 18.6 Å². The monoisotopic (exact) mass is 102 g/mol. The van der Waals surface area contributed by atoms with E-state index in [9.17, 15) is 0 Å². The first kappa shape index (κ1) is 4.35. The molecule has 0 aromatic heterocycles. The van der Waals surface area contributed by atoms with Crippen LogP contribution in [0.5, 0.6) is 0 Å². The molecule has 1 aliphatic rings. The minimum Gasteiger partial charge on any atom is -0.259 e. The van der Waals surface area contributed by atoms with Gasteiger partial charge in [-0.05, 0) is 0 Å². The number of hydrazine groups is 2. The van der Waals surface area contributed by atoms with Crippen molar-refractivity contribution in [1.82, 2.24) is 16.2 Å². The summed E-state index contributed by atoms with van der Waals surface area (Å²) in [5, 5.41) is 4.88. The maximum Gasteiger partial charge on any atom is 0.157 e. The maximum atomic E-state index is 4.62. The molecule has 0 aromatic carbocycles. The van der Waals surface area contributed by atoms with Gasteiger partial charge in [-0.1, -0.05) is 0 Å². The highest BCUT2D eigenvalue weighted by Crippen LogP contribution is 1.76. The molecule has 1 rings (SSSR count). The van der Waals surface area contributed by atoms with Gasteiger partial charge in [0.25, 0.3) is 0 Å². The van der Waals surface area contributed by atoms with E-state index >= 15 is 0 Å². The van der Waals surface area contributed by atoms with Gasteiger partial charge >= 0.3 is 0 Å². The van der Waals surface area contributed by atoms with Crippen LogP contribution in [0, 0.1) is 0 Å². The van der Waals surface area contributed by atoms with E-state index in [0.717, 1.165) is 0 Å². The third-order valence-electron chi connectivity index (χ3n) is 0.584. The summed E-state index contributed by atoms with van der Waals surface area (Å²) >= 11 is 0. The molecule has 0 bridgehead atoms. The second kappa shape index (κ2) is 1.76. The highest BCUT2D eigenvalue weighted by atomic mass is 16.7. The van der Waals surface area contributed by atoms with E-state index in [2.05, 4.69) is 21.0 Å². The molecule has 5 heteroatoms. The summed E-state index contributed by atoms with van der Waals surface area (Å²) in [6.07, 6.45) is 1.47. The first-order valence-electron chi connectivity index (χ1n) is 1.80. The Morgan fingerprint density at radius 1 is 1.86 bits per heavy atom. The van der Waals surface area contributed by atoms with E-state index in [4.69, 9.17) is 0 Å². The Bertz CT molecular complexity index is 81.8. The Labute approximate surface area is 40.8 Å². The van der Waals surface area contributed by atoms with Gasteiger partial charge in [0.1, 0.15) is 0 Å². The first-order valence-corrected chi connectivity index (χ1v) is 1.80. The minimum absolute atomic E-state index is 1.33. The van der Waals surface area contributed by atoms with Crippen molar-refractivity contribution in [3.63, 3.8) is 0 Å². The van der Waals surface area contributed by atoms with Gasteiger partial charge in [0.05, 0.1) is 7.11 Å². The summed E-state index contributed by atoms with van der Waals surface area (Å²) in [5.41, 5.74) is 4.99. The zero-order valence-electron chi connectivity index (χ0n) is 3.88. The summed E-state index contributed by atoms with van der Waals surface area (Å²) in [7, 11) is 1.53. The molecule has 0 aliphatic carbocycles. The molecule has 7 heavy (non-hydrogen) atoms. The zero-order chi connectivity index (χ0) is 5.11. The normalized spacial score (nSPS) is 17.6. The van der Waals surface area contributed by atoms with Crippen LogP contribution in [0.1, 0.15) is 0 Å². The van der Waals surface area contributed by atoms with Crippen molar-refractivity contribution in [2.24, 2.45) is 5.10 Å².